The Morgan fingerprint density at radius 3 is 2.19 bits per heavy atom. The molecule has 1 unspecified atom stereocenters. The van der Waals surface area contributed by atoms with Crippen LogP contribution >= 0.6 is 11.8 Å². The molecule has 0 spiro atoms. The van der Waals surface area contributed by atoms with Gasteiger partial charge in [0.15, 0.2) is 0 Å². The zero-order chi connectivity index (χ0) is 19.0. The lowest BCUT2D eigenvalue weighted by molar-refractivity contribution is -0.119. The van der Waals surface area contributed by atoms with Crippen molar-refractivity contribution in [3.05, 3.63) is 29.8 Å². The summed E-state index contributed by atoms with van der Waals surface area (Å²) in [5.74, 6) is 2.69. The van der Waals surface area contributed by atoms with Crippen LogP contribution in [-0.4, -0.2) is 29.8 Å². The maximum atomic E-state index is 11.6. The third kappa shape index (κ3) is 7.41. The molecule has 1 aromatic rings. The molecule has 3 rings (SSSR count). The Morgan fingerprint density at radius 2 is 1.62 bits per heavy atom. The molecular formula is C20H30O4S2. The number of rotatable bonds is 4. The summed E-state index contributed by atoms with van der Waals surface area (Å²) in [6.45, 7) is 1.84. The van der Waals surface area contributed by atoms with Crippen molar-refractivity contribution in [1.82, 2.24) is 0 Å². The summed E-state index contributed by atoms with van der Waals surface area (Å²) in [6.07, 6.45) is 11.5. The SMILES string of the molecule is Cc1ccc(S(=O)(=O)O)cc1.O=C1CCCCC1SCC1CCCCC1. The number of aryl methyl sites for hydroxylation is 1. The number of Topliss-reactive ketones (excluding diaryl/α,β-unsaturated/α-hetero) is 1. The summed E-state index contributed by atoms with van der Waals surface area (Å²) in [4.78, 5) is 11.6. The fourth-order valence-electron chi connectivity index (χ4n) is 3.44. The maximum absolute atomic E-state index is 11.6. The lowest BCUT2D eigenvalue weighted by Gasteiger charge is -2.25. The normalized spacial score (nSPS) is 21.8. The van der Waals surface area contributed by atoms with Crippen LogP contribution in [0, 0.1) is 12.8 Å². The van der Waals surface area contributed by atoms with Crippen LogP contribution in [0.5, 0.6) is 0 Å². The number of hydrogen-bond acceptors (Lipinski definition) is 4. The minimum absolute atomic E-state index is 0.0666. The van der Waals surface area contributed by atoms with E-state index in [2.05, 4.69) is 0 Å². The zero-order valence-electron chi connectivity index (χ0n) is 15.5. The molecule has 1 atom stereocenters. The fourth-order valence-corrected chi connectivity index (χ4v) is 5.40. The van der Waals surface area contributed by atoms with Gasteiger partial charge in [0.1, 0.15) is 5.78 Å². The van der Waals surface area contributed by atoms with Gasteiger partial charge in [-0.3, -0.25) is 9.35 Å². The smallest absolute Gasteiger partial charge is 0.294 e. The first-order valence-corrected chi connectivity index (χ1v) is 12.0. The number of ketones is 1. The molecule has 0 heterocycles. The van der Waals surface area contributed by atoms with E-state index in [-0.39, 0.29) is 4.90 Å². The first-order chi connectivity index (χ1) is 12.4. The first-order valence-electron chi connectivity index (χ1n) is 9.55. The van der Waals surface area contributed by atoms with E-state index in [4.69, 9.17) is 4.55 Å². The molecule has 0 radical (unpaired) electrons. The van der Waals surface area contributed by atoms with Gasteiger partial charge in [0, 0.05) is 6.42 Å². The summed E-state index contributed by atoms with van der Waals surface area (Å²) >= 11 is 1.96. The molecule has 0 bridgehead atoms. The lowest BCUT2D eigenvalue weighted by atomic mass is 9.91. The van der Waals surface area contributed by atoms with E-state index in [0.29, 0.717) is 11.0 Å². The maximum Gasteiger partial charge on any atom is 0.294 e. The second kappa shape index (κ2) is 10.5. The predicted molar refractivity (Wildman–Crippen MR) is 107 cm³/mol. The number of carbonyl (C=O) groups excluding carboxylic acids is 1. The van der Waals surface area contributed by atoms with Gasteiger partial charge in [0.25, 0.3) is 10.1 Å². The molecule has 0 saturated heterocycles. The van der Waals surface area contributed by atoms with Crippen molar-refractivity contribution in [3.63, 3.8) is 0 Å². The third-order valence-corrected chi connectivity index (χ3v) is 7.51. The van der Waals surface area contributed by atoms with E-state index < -0.39 is 10.1 Å². The summed E-state index contributed by atoms with van der Waals surface area (Å²) < 4.78 is 29.6. The summed E-state index contributed by atoms with van der Waals surface area (Å²) in [6, 6.07) is 5.99. The van der Waals surface area contributed by atoms with Crippen LogP contribution in [0.25, 0.3) is 0 Å². The van der Waals surface area contributed by atoms with E-state index >= 15 is 0 Å². The van der Waals surface area contributed by atoms with Gasteiger partial charge in [-0.1, -0.05) is 43.4 Å². The largest absolute Gasteiger partial charge is 0.298 e. The van der Waals surface area contributed by atoms with Crippen molar-refractivity contribution in [3.8, 4) is 0 Å². The molecule has 0 aromatic heterocycles. The Balaban J connectivity index is 0.000000197. The number of carbonyl (C=O) groups is 1. The quantitative estimate of drug-likeness (QED) is 0.718. The van der Waals surface area contributed by atoms with Crippen molar-refractivity contribution >= 4 is 27.7 Å². The van der Waals surface area contributed by atoms with Crippen LogP contribution in [0.2, 0.25) is 0 Å². The van der Waals surface area contributed by atoms with E-state index in [1.54, 1.807) is 12.1 Å². The molecule has 2 saturated carbocycles. The number of hydrogen-bond donors (Lipinski definition) is 1. The van der Waals surface area contributed by atoms with Gasteiger partial charge in [-0.15, -0.1) is 0 Å². The standard InChI is InChI=1S/C13H22OS.C7H8O3S/c14-12-8-4-5-9-13(12)15-10-11-6-2-1-3-7-11;1-6-2-4-7(5-3-6)11(8,9)10/h11,13H,1-10H2;2-5H,1H3,(H,8,9,10). The van der Waals surface area contributed by atoms with Crippen LogP contribution < -0.4 is 0 Å². The second-order valence-electron chi connectivity index (χ2n) is 7.33. The Hall–Kier alpha value is -0.850. The van der Waals surface area contributed by atoms with Gasteiger partial charge in [0.2, 0.25) is 0 Å². The highest BCUT2D eigenvalue weighted by Gasteiger charge is 2.24. The summed E-state index contributed by atoms with van der Waals surface area (Å²) in [5, 5.41) is 0.362. The minimum atomic E-state index is -4.02. The van der Waals surface area contributed by atoms with Crippen molar-refractivity contribution in [1.29, 1.82) is 0 Å². The average molecular weight is 399 g/mol. The Morgan fingerprint density at radius 1 is 1.00 bits per heavy atom. The Labute approximate surface area is 161 Å². The van der Waals surface area contributed by atoms with Gasteiger partial charge >= 0.3 is 0 Å². The van der Waals surface area contributed by atoms with Crippen LogP contribution in [-0.2, 0) is 14.9 Å². The van der Waals surface area contributed by atoms with Crippen LogP contribution in [0.1, 0.15) is 63.4 Å². The van der Waals surface area contributed by atoms with E-state index in [0.717, 1.165) is 30.7 Å². The molecule has 2 aliphatic rings. The topological polar surface area (TPSA) is 71.4 Å². The minimum Gasteiger partial charge on any atom is -0.298 e. The molecule has 2 aliphatic carbocycles. The third-order valence-electron chi connectivity index (χ3n) is 5.08. The Kier molecular flexibility index (Phi) is 8.64. The molecule has 1 aromatic carbocycles. The first kappa shape index (κ1) is 21.5. The molecule has 146 valence electrons. The van der Waals surface area contributed by atoms with Crippen LogP contribution in [0.3, 0.4) is 0 Å². The van der Waals surface area contributed by atoms with Crippen LogP contribution in [0.4, 0.5) is 0 Å². The zero-order valence-corrected chi connectivity index (χ0v) is 17.2. The Bertz CT molecular complexity index is 662. The van der Waals surface area contributed by atoms with E-state index in [9.17, 15) is 13.2 Å². The summed E-state index contributed by atoms with van der Waals surface area (Å²) in [5.41, 5.74) is 0.956. The number of benzene rings is 1. The molecule has 6 heteroatoms. The van der Waals surface area contributed by atoms with Crippen molar-refractivity contribution in [2.75, 3.05) is 5.75 Å². The molecule has 0 aliphatic heterocycles. The summed E-state index contributed by atoms with van der Waals surface area (Å²) in [7, 11) is -4.02. The van der Waals surface area contributed by atoms with Crippen molar-refractivity contribution in [2.45, 2.75) is 74.9 Å². The van der Waals surface area contributed by atoms with Gasteiger partial charge in [-0.05, 0) is 56.4 Å². The van der Waals surface area contributed by atoms with Gasteiger partial charge in [-0.25, -0.2) is 0 Å². The molecular weight excluding hydrogens is 368 g/mol. The van der Waals surface area contributed by atoms with E-state index in [1.807, 2.05) is 18.7 Å². The van der Waals surface area contributed by atoms with Gasteiger partial charge < -0.3 is 0 Å². The monoisotopic (exact) mass is 398 g/mol. The van der Waals surface area contributed by atoms with Crippen molar-refractivity contribution < 1.29 is 17.8 Å². The average Bonchev–Trinajstić information content (AvgIpc) is 2.62. The molecule has 1 N–H and O–H groups in total. The highest BCUT2D eigenvalue weighted by Crippen LogP contribution is 2.32. The molecule has 2 fully saturated rings. The van der Waals surface area contributed by atoms with Crippen molar-refractivity contribution in [2.24, 2.45) is 5.92 Å². The molecule has 4 nitrogen and oxygen atoms in total. The fraction of sp³-hybridized carbons (Fsp3) is 0.650. The molecule has 0 amide bonds. The second-order valence-corrected chi connectivity index (χ2v) is 9.98. The lowest BCUT2D eigenvalue weighted by Crippen LogP contribution is -2.23. The van der Waals surface area contributed by atoms with Gasteiger partial charge in [-0.2, -0.15) is 20.2 Å². The molecule has 26 heavy (non-hydrogen) atoms. The highest BCUT2D eigenvalue weighted by atomic mass is 32.2. The van der Waals surface area contributed by atoms with Gasteiger partial charge in [0.05, 0.1) is 10.1 Å². The predicted octanol–water partition coefficient (Wildman–Crippen LogP) is 5.05. The highest BCUT2D eigenvalue weighted by molar-refractivity contribution is 8.00. The van der Waals surface area contributed by atoms with Crippen LogP contribution in [0.15, 0.2) is 29.2 Å². The van der Waals surface area contributed by atoms with E-state index in [1.165, 1.54) is 56.4 Å². The number of thioether (sulfide) groups is 1.